The minimum absolute atomic E-state index is 0.151. The molecule has 26 heavy (non-hydrogen) atoms. The number of benzene rings is 2. The molecule has 0 aliphatic carbocycles. The van der Waals surface area contributed by atoms with Crippen LogP contribution in [-0.4, -0.2) is 55.5 Å². The number of carbonyl (C=O) groups excluding carboxylic acids is 1. The fraction of sp³-hybridized carbons (Fsp3) is 0.350. The van der Waals surface area contributed by atoms with Gasteiger partial charge in [-0.3, -0.25) is 9.69 Å². The first-order chi connectivity index (χ1) is 12.5. The van der Waals surface area contributed by atoms with Gasteiger partial charge in [0, 0.05) is 37.7 Å². The third kappa shape index (κ3) is 4.70. The molecular formula is C20H23Cl2N3O. The summed E-state index contributed by atoms with van der Waals surface area (Å²) >= 11 is 12.5. The third-order valence-corrected chi connectivity index (χ3v) is 5.32. The van der Waals surface area contributed by atoms with E-state index in [2.05, 4.69) is 4.90 Å². The number of halogens is 2. The Morgan fingerprint density at radius 2 is 1.58 bits per heavy atom. The Labute approximate surface area is 164 Å². The molecule has 2 aromatic rings. The summed E-state index contributed by atoms with van der Waals surface area (Å²) in [7, 11) is 1.95. The van der Waals surface area contributed by atoms with Crippen molar-refractivity contribution in [2.45, 2.75) is 6.54 Å². The van der Waals surface area contributed by atoms with Gasteiger partial charge in [-0.15, -0.1) is 0 Å². The molecule has 0 unspecified atom stereocenters. The molecule has 0 spiro atoms. The zero-order chi connectivity index (χ0) is 18.5. The van der Waals surface area contributed by atoms with Gasteiger partial charge >= 0.3 is 0 Å². The van der Waals surface area contributed by atoms with Crippen LogP contribution in [0, 0.1) is 0 Å². The van der Waals surface area contributed by atoms with E-state index >= 15 is 0 Å². The van der Waals surface area contributed by atoms with Crippen molar-refractivity contribution in [1.82, 2.24) is 9.80 Å². The molecule has 1 amide bonds. The van der Waals surface area contributed by atoms with Crippen molar-refractivity contribution in [3.05, 3.63) is 64.1 Å². The number of anilines is 1. The zero-order valence-corrected chi connectivity index (χ0v) is 16.4. The van der Waals surface area contributed by atoms with Crippen molar-refractivity contribution in [2.75, 3.05) is 44.7 Å². The molecule has 1 heterocycles. The van der Waals surface area contributed by atoms with Crippen LogP contribution in [0.3, 0.4) is 0 Å². The summed E-state index contributed by atoms with van der Waals surface area (Å²) in [4.78, 5) is 18.8. The maximum absolute atomic E-state index is 12.6. The van der Waals surface area contributed by atoms with Crippen LogP contribution >= 0.6 is 23.2 Å². The van der Waals surface area contributed by atoms with Gasteiger partial charge in [0.15, 0.2) is 0 Å². The fourth-order valence-electron chi connectivity index (χ4n) is 3.21. The number of carbonyl (C=O) groups is 1. The van der Waals surface area contributed by atoms with Crippen LogP contribution in [-0.2, 0) is 11.3 Å². The predicted octanol–water partition coefficient (Wildman–Crippen LogP) is 3.77. The molecule has 6 heteroatoms. The molecule has 4 nitrogen and oxygen atoms in total. The summed E-state index contributed by atoms with van der Waals surface area (Å²) in [6.45, 7) is 4.06. The molecule has 1 fully saturated rings. The molecule has 2 aromatic carbocycles. The van der Waals surface area contributed by atoms with Gasteiger partial charge in [0.1, 0.15) is 0 Å². The fourth-order valence-corrected chi connectivity index (χ4v) is 3.66. The number of amides is 1. The Bertz CT molecular complexity index is 760. The number of hydrogen-bond acceptors (Lipinski definition) is 3. The smallest absolute Gasteiger partial charge is 0.236 e. The zero-order valence-electron chi connectivity index (χ0n) is 14.9. The first-order valence-corrected chi connectivity index (χ1v) is 9.49. The maximum atomic E-state index is 12.6. The number of rotatable bonds is 5. The van der Waals surface area contributed by atoms with Crippen LogP contribution in [0.4, 0.5) is 5.69 Å². The largest absolute Gasteiger partial charge is 0.367 e. The van der Waals surface area contributed by atoms with E-state index in [1.54, 1.807) is 0 Å². The molecule has 3 rings (SSSR count). The van der Waals surface area contributed by atoms with E-state index < -0.39 is 0 Å². The van der Waals surface area contributed by atoms with E-state index in [1.165, 1.54) is 0 Å². The van der Waals surface area contributed by atoms with Gasteiger partial charge < -0.3 is 9.80 Å². The summed E-state index contributed by atoms with van der Waals surface area (Å²) in [5, 5.41) is 1.49. The monoisotopic (exact) mass is 391 g/mol. The molecule has 1 saturated heterocycles. The van der Waals surface area contributed by atoms with E-state index in [9.17, 15) is 4.79 Å². The minimum Gasteiger partial charge on any atom is -0.367 e. The van der Waals surface area contributed by atoms with E-state index in [0.717, 1.165) is 34.4 Å². The molecule has 0 bridgehead atoms. The van der Waals surface area contributed by atoms with Crippen LogP contribution in [0.1, 0.15) is 5.56 Å². The number of piperazine rings is 1. The lowest BCUT2D eigenvalue weighted by atomic mass is 10.2. The molecule has 0 N–H and O–H groups in total. The average Bonchev–Trinajstić information content (AvgIpc) is 2.64. The molecule has 0 atom stereocenters. The highest BCUT2D eigenvalue weighted by Crippen LogP contribution is 2.26. The molecule has 0 radical (unpaired) electrons. The highest BCUT2D eigenvalue weighted by Gasteiger charge is 2.23. The van der Waals surface area contributed by atoms with Crippen molar-refractivity contribution in [3.63, 3.8) is 0 Å². The second-order valence-electron chi connectivity index (χ2n) is 6.58. The molecular weight excluding hydrogens is 369 g/mol. The Morgan fingerprint density at radius 1 is 0.962 bits per heavy atom. The van der Waals surface area contributed by atoms with Gasteiger partial charge in [-0.25, -0.2) is 0 Å². The van der Waals surface area contributed by atoms with E-state index in [4.69, 9.17) is 23.2 Å². The van der Waals surface area contributed by atoms with Crippen molar-refractivity contribution < 1.29 is 4.79 Å². The lowest BCUT2D eigenvalue weighted by Crippen LogP contribution is -2.51. The van der Waals surface area contributed by atoms with Gasteiger partial charge in [-0.1, -0.05) is 53.5 Å². The van der Waals surface area contributed by atoms with Gasteiger partial charge in [0.05, 0.1) is 17.3 Å². The van der Waals surface area contributed by atoms with Crippen molar-refractivity contribution in [2.24, 2.45) is 0 Å². The lowest BCUT2D eigenvalue weighted by molar-refractivity contribution is -0.132. The van der Waals surface area contributed by atoms with Crippen LogP contribution in [0.2, 0.25) is 10.0 Å². The lowest BCUT2D eigenvalue weighted by Gasteiger charge is -2.37. The van der Waals surface area contributed by atoms with Crippen molar-refractivity contribution in [1.29, 1.82) is 0 Å². The highest BCUT2D eigenvalue weighted by atomic mass is 35.5. The van der Waals surface area contributed by atoms with Gasteiger partial charge in [0.2, 0.25) is 5.91 Å². The summed E-state index contributed by atoms with van der Waals surface area (Å²) in [6, 6.07) is 15.6. The Kier molecular flexibility index (Phi) is 6.41. The molecule has 1 aliphatic heterocycles. The van der Waals surface area contributed by atoms with E-state index in [-0.39, 0.29) is 5.91 Å². The maximum Gasteiger partial charge on any atom is 0.236 e. The van der Waals surface area contributed by atoms with Crippen LogP contribution in [0.25, 0.3) is 0 Å². The van der Waals surface area contributed by atoms with Gasteiger partial charge in [-0.05, 0) is 30.8 Å². The SMILES string of the molecule is CN(CC(=O)N1CCN(c2ccccc2Cl)CC1)Cc1ccccc1Cl. The Hall–Kier alpha value is -1.75. The number of para-hydroxylation sites is 1. The normalized spacial score (nSPS) is 14.8. The quantitative estimate of drug-likeness (QED) is 0.775. The summed E-state index contributed by atoms with van der Waals surface area (Å²) in [6.07, 6.45) is 0. The average molecular weight is 392 g/mol. The second kappa shape index (κ2) is 8.76. The second-order valence-corrected chi connectivity index (χ2v) is 7.40. The van der Waals surface area contributed by atoms with Crippen LogP contribution < -0.4 is 4.90 Å². The van der Waals surface area contributed by atoms with Crippen molar-refractivity contribution in [3.8, 4) is 0 Å². The number of hydrogen-bond donors (Lipinski definition) is 0. The number of likely N-dealkylation sites (N-methyl/N-ethyl adjacent to an activating group) is 1. The third-order valence-electron chi connectivity index (χ3n) is 4.63. The van der Waals surface area contributed by atoms with Crippen LogP contribution in [0.15, 0.2) is 48.5 Å². The first-order valence-electron chi connectivity index (χ1n) is 8.74. The Balaban J connectivity index is 1.51. The summed E-state index contributed by atoms with van der Waals surface area (Å²) in [5.74, 6) is 0.151. The van der Waals surface area contributed by atoms with E-state index in [0.29, 0.717) is 26.2 Å². The van der Waals surface area contributed by atoms with Crippen LogP contribution in [0.5, 0.6) is 0 Å². The number of nitrogens with zero attached hydrogens (tertiary/aromatic N) is 3. The topological polar surface area (TPSA) is 26.8 Å². The molecule has 0 aromatic heterocycles. The molecule has 138 valence electrons. The summed E-state index contributed by atoms with van der Waals surface area (Å²) in [5.41, 5.74) is 2.07. The minimum atomic E-state index is 0.151. The standard InChI is InChI=1S/C20H23Cl2N3O/c1-23(14-16-6-2-3-7-17(16)21)15-20(26)25-12-10-24(11-13-25)19-9-5-4-8-18(19)22/h2-9H,10-15H2,1H3. The predicted molar refractivity (Wildman–Crippen MR) is 108 cm³/mol. The molecule has 1 aliphatic rings. The van der Waals surface area contributed by atoms with Gasteiger partial charge in [-0.2, -0.15) is 0 Å². The molecule has 0 saturated carbocycles. The summed E-state index contributed by atoms with van der Waals surface area (Å²) < 4.78 is 0. The van der Waals surface area contributed by atoms with Gasteiger partial charge in [0.25, 0.3) is 0 Å². The van der Waals surface area contributed by atoms with E-state index in [1.807, 2.05) is 65.4 Å². The highest BCUT2D eigenvalue weighted by molar-refractivity contribution is 6.33. The Morgan fingerprint density at radius 3 is 2.23 bits per heavy atom. The van der Waals surface area contributed by atoms with Crippen molar-refractivity contribution >= 4 is 34.8 Å². The first kappa shape index (κ1) is 19.0.